The van der Waals surface area contributed by atoms with Crippen LogP contribution in [0.1, 0.15) is 62.1 Å². The molecule has 3 rings (SSSR count). The Morgan fingerprint density at radius 3 is 2.47 bits per heavy atom. The van der Waals surface area contributed by atoms with Crippen LogP contribution in [0.3, 0.4) is 0 Å². The van der Waals surface area contributed by atoms with E-state index in [1.54, 1.807) is 53.9 Å². The van der Waals surface area contributed by atoms with Crippen molar-refractivity contribution in [3.8, 4) is 0 Å². The number of nitrogens with one attached hydrogen (secondary N) is 2. The summed E-state index contributed by atoms with van der Waals surface area (Å²) in [5.74, 6) is -1.24. The second-order valence-corrected chi connectivity index (χ2v) is 10.4. The molecule has 1 aromatic heterocycles. The monoisotopic (exact) mass is 536 g/mol. The van der Waals surface area contributed by atoms with Crippen LogP contribution in [0, 0.1) is 0 Å². The zero-order chi connectivity index (χ0) is 27.5. The highest BCUT2D eigenvalue weighted by molar-refractivity contribution is 7.09. The highest BCUT2D eigenvalue weighted by Crippen LogP contribution is 2.34. The minimum atomic E-state index is -1.15. The number of thiazole rings is 1. The molecule has 3 amide bonds. The quantitative estimate of drug-likeness (QED) is 0.342. The van der Waals surface area contributed by atoms with Gasteiger partial charge in [-0.3, -0.25) is 14.4 Å². The average molecular weight is 537 g/mol. The van der Waals surface area contributed by atoms with Gasteiger partial charge < -0.3 is 27.8 Å². The number of rotatable bonds is 8. The SMILES string of the molecule is CC1=C/C=C\C(N)=C/C=C(N)\C=C/C(NC(=O)[C@H](CC(N)=O)NC(=O)Cc2csc(C3CCCCC3)n2)=C\1. The molecular weight excluding hydrogens is 500 g/mol. The topological polar surface area (TPSA) is 166 Å². The van der Waals surface area contributed by atoms with E-state index in [0.717, 1.165) is 23.4 Å². The summed E-state index contributed by atoms with van der Waals surface area (Å²) in [5.41, 5.74) is 20.1. The van der Waals surface area contributed by atoms with Crippen molar-refractivity contribution in [1.82, 2.24) is 15.6 Å². The predicted molar refractivity (Wildman–Crippen MR) is 150 cm³/mol. The summed E-state index contributed by atoms with van der Waals surface area (Å²) in [4.78, 5) is 42.3. The van der Waals surface area contributed by atoms with E-state index >= 15 is 0 Å². The van der Waals surface area contributed by atoms with Gasteiger partial charge in [-0.05, 0) is 61.8 Å². The van der Waals surface area contributed by atoms with Crippen molar-refractivity contribution in [2.75, 3.05) is 0 Å². The maximum absolute atomic E-state index is 13.1. The number of carbonyl (C=O) groups excluding carboxylic acids is 3. The van der Waals surface area contributed by atoms with Crippen molar-refractivity contribution in [3.05, 3.63) is 87.4 Å². The fourth-order valence-corrected chi connectivity index (χ4v) is 5.20. The summed E-state index contributed by atoms with van der Waals surface area (Å²) < 4.78 is 0. The van der Waals surface area contributed by atoms with E-state index in [9.17, 15) is 14.4 Å². The Labute approximate surface area is 227 Å². The first kappa shape index (κ1) is 28.6. The van der Waals surface area contributed by atoms with E-state index < -0.39 is 23.8 Å². The van der Waals surface area contributed by atoms with E-state index in [4.69, 9.17) is 17.2 Å². The molecule has 1 aromatic rings. The molecule has 0 aliphatic heterocycles. The van der Waals surface area contributed by atoms with Crippen LogP contribution in [0.15, 0.2) is 76.7 Å². The summed E-state index contributed by atoms with van der Waals surface area (Å²) in [7, 11) is 0. The third kappa shape index (κ3) is 9.51. The number of nitrogens with two attached hydrogens (primary N) is 3. The maximum Gasteiger partial charge on any atom is 0.247 e. The first-order valence-electron chi connectivity index (χ1n) is 12.7. The van der Waals surface area contributed by atoms with Gasteiger partial charge in [-0.2, -0.15) is 0 Å². The van der Waals surface area contributed by atoms with Crippen LogP contribution in [0.25, 0.3) is 0 Å². The lowest BCUT2D eigenvalue weighted by atomic mass is 9.90. The molecule has 0 bridgehead atoms. The number of amides is 3. The molecule has 1 atom stereocenters. The van der Waals surface area contributed by atoms with Crippen LogP contribution < -0.4 is 27.8 Å². The molecule has 1 heterocycles. The standard InChI is InChI=1S/C28H36N6O3S/c1-18-6-5-9-20(29)10-11-21(30)12-13-22(14-18)32-27(37)24(16-25(31)35)34-26(36)15-23-17-38-28(33-23)19-7-3-2-4-8-19/h5-6,9-14,17,19,24H,2-4,7-8,15-16,29-30H2,1H3,(H2,31,35)(H,32,37)(H,34,36)/b6-5?,9-5-,11-10?,13-12-,18-6-,18-14?,20-9?,20-10+,21-11+,21-12?,22-13?,22-14+/t24-/m0/s1. The number of hydrogen-bond donors (Lipinski definition) is 5. The largest absolute Gasteiger partial charge is 0.399 e. The molecule has 0 saturated heterocycles. The van der Waals surface area contributed by atoms with Gasteiger partial charge in [0.15, 0.2) is 0 Å². The zero-order valence-corrected chi connectivity index (χ0v) is 22.4. The van der Waals surface area contributed by atoms with E-state index in [0.29, 0.717) is 28.7 Å². The lowest BCUT2D eigenvalue weighted by Gasteiger charge is -2.19. The Bertz CT molecular complexity index is 1210. The maximum atomic E-state index is 13.1. The summed E-state index contributed by atoms with van der Waals surface area (Å²) in [6, 6.07) is -1.15. The fraction of sp³-hybridized carbons (Fsp3) is 0.357. The third-order valence-corrected chi connectivity index (χ3v) is 7.20. The van der Waals surface area contributed by atoms with Gasteiger partial charge in [0, 0.05) is 28.4 Å². The molecule has 0 radical (unpaired) electrons. The lowest BCUT2D eigenvalue weighted by molar-refractivity contribution is -0.130. The minimum Gasteiger partial charge on any atom is -0.399 e. The molecule has 0 spiro atoms. The Kier molecular flexibility index (Phi) is 10.7. The van der Waals surface area contributed by atoms with Crippen LogP contribution in [-0.4, -0.2) is 28.7 Å². The van der Waals surface area contributed by atoms with Crippen LogP contribution >= 0.6 is 11.3 Å². The minimum absolute atomic E-state index is 0.0144. The summed E-state index contributed by atoms with van der Waals surface area (Å²) >= 11 is 1.57. The van der Waals surface area contributed by atoms with Gasteiger partial charge in [0.2, 0.25) is 17.7 Å². The highest BCUT2D eigenvalue weighted by atomic mass is 32.1. The van der Waals surface area contributed by atoms with Crippen molar-refractivity contribution >= 4 is 29.1 Å². The molecule has 0 aromatic carbocycles. The smallest absolute Gasteiger partial charge is 0.247 e. The molecule has 1 fully saturated rings. The number of hydrogen-bond acceptors (Lipinski definition) is 7. The Balaban J connectivity index is 1.69. The summed E-state index contributed by atoms with van der Waals surface area (Å²) in [6.45, 7) is 1.85. The molecule has 2 aliphatic carbocycles. The number of allylic oxidation sites excluding steroid dienone is 9. The normalized spacial score (nSPS) is 24.8. The third-order valence-electron chi connectivity index (χ3n) is 6.14. The van der Waals surface area contributed by atoms with Crippen LogP contribution in [0.4, 0.5) is 0 Å². The Morgan fingerprint density at radius 1 is 1.05 bits per heavy atom. The molecule has 1 saturated carbocycles. The van der Waals surface area contributed by atoms with Crippen molar-refractivity contribution < 1.29 is 14.4 Å². The molecule has 202 valence electrons. The van der Waals surface area contributed by atoms with Gasteiger partial charge in [-0.25, -0.2) is 4.98 Å². The molecule has 10 heteroatoms. The second-order valence-electron chi connectivity index (χ2n) is 9.50. The van der Waals surface area contributed by atoms with E-state index in [-0.39, 0.29) is 12.8 Å². The lowest BCUT2D eigenvalue weighted by Crippen LogP contribution is -2.48. The first-order valence-corrected chi connectivity index (χ1v) is 13.6. The average Bonchev–Trinajstić information content (AvgIpc) is 3.33. The first-order chi connectivity index (χ1) is 18.2. The van der Waals surface area contributed by atoms with Gasteiger partial charge in [0.05, 0.1) is 23.5 Å². The number of primary amides is 1. The summed E-state index contributed by atoms with van der Waals surface area (Å²) in [6.07, 6.45) is 19.2. The molecule has 38 heavy (non-hydrogen) atoms. The van der Waals surface area contributed by atoms with Crippen LogP contribution in [0.2, 0.25) is 0 Å². The molecule has 8 N–H and O–H groups in total. The molecular formula is C28H36N6O3S. The number of nitrogens with zero attached hydrogens (tertiary/aromatic N) is 1. The Morgan fingerprint density at radius 2 is 1.76 bits per heavy atom. The van der Waals surface area contributed by atoms with Gasteiger partial charge >= 0.3 is 0 Å². The number of carbonyl (C=O) groups is 3. The van der Waals surface area contributed by atoms with Gasteiger partial charge in [-0.1, -0.05) is 31.4 Å². The zero-order valence-electron chi connectivity index (χ0n) is 21.6. The van der Waals surface area contributed by atoms with Crippen molar-refractivity contribution in [2.45, 2.75) is 63.8 Å². The van der Waals surface area contributed by atoms with Gasteiger partial charge in [0.25, 0.3) is 0 Å². The predicted octanol–water partition coefficient (Wildman–Crippen LogP) is 2.85. The van der Waals surface area contributed by atoms with Crippen molar-refractivity contribution in [1.29, 1.82) is 0 Å². The van der Waals surface area contributed by atoms with Crippen LogP contribution in [-0.2, 0) is 20.8 Å². The van der Waals surface area contributed by atoms with Crippen molar-refractivity contribution in [2.24, 2.45) is 17.2 Å². The molecule has 2 aliphatic rings. The fourth-order valence-electron chi connectivity index (χ4n) is 4.21. The second kappa shape index (κ2) is 14.1. The van der Waals surface area contributed by atoms with E-state index in [2.05, 4.69) is 15.6 Å². The van der Waals surface area contributed by atoms with E-state index in [1.807, 2.05) is 18.4 Å². The Hall–Kier alpha value is -3.92. The molecule has 9 nitrogen and oxygen atoms in total. The van der Waals surface area contributed by atoms with Crippen molar-refractivity contribution in [3.63, 3.8) is 0 Å². The molecule has 0 unspecified atom stereocenters. The number of aromatic nitrogens is 1. The van der Waals surface area contributed by atoms with Crippen LogP contribution in [0.5, 0.6) is 0 Å². The van der Waals surface area contributed by atoms with E-state index in [1.165, 1.54) is 19.3 Å². The highest BCUT2D eigenvalue weighted by Gasteiger charge is 2.24. The van der Waals surface area contributed by atoms with Gasteiger partial charge in [0.1, 0.15) is 6.04 Å². The summed E-state index contributed by atoms with van der Waals surface area (Å²) in [5, 5.41) is 8.36. The van der Waals surface area contributed by atoms with Gasteiger partial charge in [-0.15, -0.1) is 11.3 Å².